The number of fused-ring (bicyclic) bond motifs is 1. The standard InChI is InChI=1S/C20H18N4O2S/c1-12-5-4-10-21-18(12)23-19(25)17-13(2)24-11-16(22-20(24)27-17)14-6-8-15(26-3)9-7-14/h4-11H,1-3H3,(H,21,23,25). The maximum absolute atomic E-state index is 12.7. The van der Waals surface area contributed by atoms with Crippen molar-refractivity contribution in [2.45, 2.75) is 13.8 Å². The fourth-order valence-corrected chi connectivity index (χ4v) is 3.85. The molecule has 27 heavy (non-hydrogen) atoms. The highest BCUT2D eigenvalue weighted by molar-refractivity contribution is 7.19. The van der Waals surface area contributed by atoms with Crippen LogP contribution >= 0.6 is 11.3 Å². The highest BCUT2D eigenvalue weighted by Crippen LogP contribution is 2.28. The van der Waals surface area contributed by atoms with Crippen molar-refractivity contribution >= 4 is 28.0 Å². The molecular formula is C20H18N4O2S. The lowest BCUT2D eigenvalue weighted by Crippen LogP contribution is -2.13. The minimum Gasteiger partial charge on any atom is -0.497 e. The fourth-order valence-electron chi connectivity index (χ4n) is 2.84. The van der Waals surface area contributed by atoms with Crippen LogP contribution in [0.1, 0.15) is 20.9 Å². The largest absolute Gasteiger partial charge is 0.497 e. The molecule has 1 amide bonds. The molecule has 3 heterocycles. The Morgan fingerprint density at radius 1 is 1.19 bits per heavy atom. The van der Waals surface area contributed by atoms with Gasteiger partial charge in [0.25, 0.3) is 5.91 Å². The summed E-state index contributed by atoms with van der Waals surface area (Å²) in [6, 6.07) is 11.5. The van der Waals surface area contributed by atoms with Gasteiger partial charge in [0.15, 0.2) is 4.96 Å². The fraction of sp³-hybridized carbons (Fsp3) is 0.150. The van der Waals surface area contributed by atoms with Gasteiger partial charge in [0.2, 0.25) is 0 Å². The van der Waals surface area contributed by atoms with E-state index in [4.69, 9.17) is 4.74 Å². The van der Waals surface area contributed by atoms with E-state index >= 15 is 0 Å². The van der Waals surface area contributed by atoms with Crippen molar-refractivity contribution in [3.05, 3.63) is 64.9 Å². The monoisotopic (exact) mass is 378 g/mol. The summed E-state index contributed by atoms with van der Waals surface area (Å²) in [4.78, 5) is 23.0. The number of carbonyl (C=O) groups is 1. The van der Waals surface area contributed by atoms with Crippen LogP contribution in [0.25, 0.3) is 16.2 Å². The van der Waals surface area contributed by atoms with Crippen molar-refractivity contribution in [1.29, 1.82) is 0 Å². The van der Waals surface area contributed by atoms with Gasteiger partial charge in [-0.2, -0.15) is 0 Å². The molecule has 4 rings (SSSR count). The van der Waals surface area contributed by atoms with Gasteiger partial charge in [-0.05, 0) is 49.7 Å². The topological polar surface area (TPSA) is 68.5 Å². The first-order valence-corrected chi connectivity index (χ1v) is 9.24. The minimum atomic E-state index is -0.171. The van der Waals surface area contributed by atoms with E-state index in [0.717, 1.165) is 33.2 Å². The summed E-state index contributed by atoms with van der Waals surface area (Å²) < 4.78 is 7.14. The number of rotatable bonds is 4. The SMILES string of the molecule is COc1ccc(-c2cn3c(C)c(C(=O)Nc4ncccc4C)sc3n2)cc1. The molecule has 0 spiro atoms. The quantitative estimate of drug-likeness (QED) is 0.574. The third-order valence-electron chi connectivity index (χ3n) is 4.39. The number of benzene rings is 1. The van der Waals surface area contributed by atoms with E-state index in [1.165, 1.54) is 11.3 Å². The summed E-state index contributed by atoms with van der Waals surface area (Å²) in [6.07, 6.45) is 3.61. The molecule has 1 aromatic carbocycles. The number of carbonyl (C=O) groups excluding carboxylic acids is 1. The second kappa shape index (κ2) is 6.85. The smallest absolute Gasteiger partial charge is 0.268 e. The van der Waals surface area contributed by atoms with E-state index < -0.39 is 0 Å². The summed E-state index contributed by atoms with van der Waals surface area (Å²) in [7, 11) is 1.64. The van der Waals surface area contributed by atoms with E-state index in [1.54, 1.807) is 13.3 Å². The van der Waals surface area contributed by atoms with Gasteiger partial charge in [0.1, 0.15) is 16.4 Å². The lowest BCUT2D eigenvalue weighted by molar-refractivity contribution is 0.102. The number of aryl methyl sites for hydroxylation is 2. The molecule has 4 aromatic rings. The van der Waals surface area contributed by atoms with Crippen LogP contribution in [0.15, 0.2) is 48.8 Å². The number of methoxy groups -OCH3 is 1. The predicted octanol–water partition coefficient (Wildman–Crippen LogP) is 4.34. The van der Waals surface area contributed by atoms with Gasteiger partial charge in [-0.25, -0.2) is 9.97 Å². The molecule has 0 aliphatic carbocycles. The maximum atomic E-state index is 12.7. The molecule has 3 aromatic heterocycles. The van der Waals surface area contributed by atoms with Crippen molar-refractivity contribution in [2.24, 2.45) is 0 Å². The lowest BCUT2D eigenvalue weighted by atomic mass is 10.2. The summed E-state index contributed by atoms with van der Waals surface area (Å²) in [5, 5.41) is 2.88. The third kappa shape index (κ3) is 3.17. The summed E-state index contributed by atoms with van der Waals surface area (Å²) >= 11 is 1.37. The molecule has 0 bridgehead atoms. The van der Waals surface area contributed by atoms with Crippen LogP contribution < -0.4 is 10.1 Å². The van der Waals surface area contributed by atoms with E-state index in [2.05, 4.69) is 15.3 Å². The maximum Gasteiger partial charge on any atom is 0.268 e. The molecule has 0 saturated heterocycles. The summed E-state index contributed by atoms with van der Waals surface area (Å²) in [5.74, 6) is 1.21. The molecule has 0 unspecified atom stereocenters. The van der Waals surface area contributed by atoms with Gasteiger partial charge in [-0.15, -0.1) is 0 Å². The second-order valence-electron chi connectivity index (χ2n) is 6.15. The van der Waals surface area contributed by atoms with Gasteiger partial charge >= 0.3 is 0 Å². The van der Waals surface area contributed by atoms with Crippen LogP contribution in [0.2, 0.25) is 0 Å². The Kier molecular flexibility index (Phi) is 4.37. The van der Waals surface area contributed by atoms with Crippen molar-refractivity contribution in [3.8, 4) is 17.0 Å². The van der Waals surface area contributed by atoms with E-state index in [9.17, 15) is 4.79 Å². The van der Waals surface area contributed by atoms with Crippen molar-refractivity contribution in [3.63, 3.8) is 0 Å². The highest BCUT2D eigenvalue weighted by atomic mass is 32.1. The van der Waals surface area contributed by atoms with E-state index in [1.807, 2.05) is 60.8 Å². The number of anilines is 1. The number of ether oxygens (including phenoxy) is 1. The van der Waals surface area contributed by atoms with E-state index in [0.29, 0.717) is 10.7 Å². The number of hydrogen-bond acceptors (Lipinski definition) is 5. The number of nitrogens with zero attached hydrogens (tertiary/aromatic N) is 3. The number of pyridine rings is 1. The Bertz CT molecular complexity index is 1130. The molecule has 1 N–H and O–H groups in total. The van der Waals surface area contributed by atoms with Crippen molar-refractivity contribution in [1.82, 2.24) is 14.4 Å². The molecule has 0 atom stereocenters. The second-order valence-corrected chi connectivity index (χ2v) is 7.12. The van der Waals surface area contributed by atoms with Crippen LogP contribution in [-0.4, -0.2) is 27.4 Å². The Hall–Kier alpha value is -3.19. The normalized spacial score (nSPS) is 10.9. The van der Waals surface area contributed by atoms with Crippen LogP contribution in [0.5, 0.6) is 5.75 Å². The average molecular weight is 378 g/mol. The Morgan fingerprint density at radius 3 is 2.63 bits per heavy atom. The molecule has 7 heteroatoms. The number of thiazole rings is 1. The highest BCUT2D eigenvalue weighted by Gasteiger charge is 2.19. The van der Waals surface area contributed by atoms with Crippen molar-refractivity contribution in [2.75, 3.05) is 12.4 Å². The first kappa shape index (κ1) is 17.2. The zero-order valence-corrected chi connectivity index (χ0v) is 16.0. The first-order valence-electron chi connectivity index (χ1n) is 8.42. The Balaban J connectivity index is 1.64. The average Bonchev–Trinajstić information content (AvgIpc) is 3.23. The summed E-state index contributed by atoms with van der Waals surface area (Å²) in [5.41, 5.74) is 3.64. The Labute approximate surface area is 160 Å². The molecule has 0 radical (unpaired) electrons. The van der Waals surface area contributed by atoms with Crippen molar-refractivity contribution < 1.29 is 9.53 Å². The number of amides is 1. The van der Waals surface area contributed by atoms with Gasteiger partial charge in [-0.3, -0.25) is 9.20 Å². The number of nitrogens with one attached hydrogen (secondary N) is 1. The number of imidazole rings is 1. The van der Waals surface area contributed by atoms with Gasteiger partial charge in [-0.1, -0.05) is 17.4 Å². The molecule has 6 nitrogen and oxygen atoms in total. The summed E-state index contributed by atoms with van der Waals surface area (Å²) in [6.45, 7) is 3.83. The zero-order chi connectivity index (χ0) is 19.0. The van der Waals surface area contributed by atoms with Crippen LogP contribution in [-0.2, 0) is 0 Å². The van der Waals surface area contributed by atoms with Crippen LogP contribution in [0.4, 0.5) is 5.82 Å². The van der Waals surface area contributed by atoms with Gasteiger partial charge in [0.05, 0.1) is 12.8 Å². The third-order valence-corrected chi connectivity index (χ3v) is 5.55. The van der Waals surface area contributed by atoms with E-state index in [-0.39, 0.29) is 5.91 Å². The number of aromatic nitrogens is 3. The molecule has 0 fully saturated rings. The molecule has 136 valence electrons. The number of hydrogen-bond donors (Lipinski definition) is 1. The van der Waals surface area contributed by atoms with Crippen LogP contribution in [0, 0.1) is 13.8 Å². The molecule has 0 aliphatic heterocycles. The molecular weight excluding hydrogens is 360 g/mol. The lowest BCUT2D eigenvalue weighted by Gasteiger charge is -2.06. The van der Waals surface area contributed by atoms with Gasteiger partial charge < -0.3 is 10.1 Å². The first-order chi connectivity index (χ1) is 13.1. The van der Waals surface area contributed by atoms with Gasteiger partial charge in [0, 0.05) is 23.7 Å². The Morgan fingerprint density at radius 2 is 1.96 bits per heavy atom. The minimum absolute atomic E-state index is 0.171. The van der Waals surface area contributed by atoms with Crippen LogP contribution in [0.3, 0.4) is 0 Å². The molecule has 0 saturated carbocycles. The molecule has 0 aliphatic rings. The predicted molar refractivity (Wildman–Crippen MR) is 107 cm³/mol. The zero-order valence-electron chi connectivity index (χ0n) is 15.2.